The molecule has 0 amide bonds. The third-order valence-corrected chi connectivity index (χ3v) is 6.02. The van der Waals surface area contributed by atoms with Crippen LogP contribution in [0.2, 0.25) is 0 Å². The molecule has 1 N–H and O–H groups in total. The van der Waals surface area contributed by atoms with Crippen LogP contribution in [0.4, 0.5) is 4.79 Å². The fourth-order valence-electron chi connectivity index (χ4n) is 2.19. The van der Waals surface area contributed by atoms with Crippen molar-refractivity contribution in [2.75, 3.05) is 0 Å². The van der Waals surface area contributed by atoms with Crippen molar-refractivity contribution in [3.63, 3.8) is 0 Å². The molecular formula is C18H32O4S3. The number of thioether (sulfide) groups is 2. The van der Waals surface area contributed by atoms with Crippen molar-refractivity contribution in [1.29, 1.82) is 0 Å². The summed E-state index contributed by atoms with van der Waals surface area (Å²) in [4.78, 5) is 31.4. The average Bonchev–Trinajstić information content (AvgIpc) is 3.20. The van der Waals surface area contributed by atoms with Crippen molar-refractivity contribution >= 4 is 51.7 Å². The van der Waals surface area contributed by atoms with Gasteiger partial charge in [-0.05, 0) is 20.3 Å². The largest absolute Gasteiger partial charge is 0.480 e. The lowest BCUT2D eigenvalue weighted by Crippen LogP contribution is -2.27. The van der Waals surface area contributed by atoms with Crippen molar-refractivity contribution in [2.24, 2.45) is 0 Å². The second-order valence-corrected chi connectivity index (χ2v) is 10.2. The Morgan fingerprint density at radius 1 is 1.08 bits per heavy atom. The van der Waals surface area contributed by atoms with E-state index in [9.17, 15) is 14.4 Å². The molecule has 1 aliphatic heterocycles. The maximum Gasteiger partial charge on any atom is 0.319 e. The summed E-state index contributed by atoms with van der Waals surface area (Å²) in [6.45, 7) is 5.17. The summed E-state index contributed by atoms with van der Waals surface area (Å²) >= 11 is 5.67. The number of rotatable bonds is 12. The Bertz CT molecular complexity index is 425. The molecular weight excluding hydrogens is 376 g/mol. The Hall–Kier alpha value is -0.140. The number of unbranched alkanes of at least 4 members (excludes halogenated alkanes) is 8. The molecule has 0 aliphatic carbocycles. The first kappa shape index (κ1) is 24.9. The lowest BCUT2D eigenvalue weighted by molar-refractivity contribution is -0.138. The minimum atomic E-state index is -1.07. The molecule has 1 unspecified atom stereocenters. The number of carboxylic acids is 1. The number of carbonyl (C=O) groups is 3. The van der Waals surface area contributed by atoms with Gasteiger partial charge in [0.05, 0.1) is 5.25 Å². The van der Waals surface area contributed by atoms with E-state index in [-0.39, 0.29) is 0 Å². The Kier molecular flexibility index (Phi) is 13.9. The number of hydrogen-bond donors (Lipinski definition) is 2. The molecule has 0 spiro atoms. The van der Waals surface area contributed by atoms with E-state index < -0.39 is 15.2 Å². The summed E-state index contributed by atoms with van der Waals surface area (Å²) in [7, 11) is 0. The molecule has 4 nitrogen and oxygen atoms in total. The third-order valence-electron chi connectivity index (χ3n) is 3.89. The zero-order valence-electron chi connectivity index (χ0n) is 15.6. The fraction of sp³-hybridized carbons (Fsp3) is 0.833. The van der Waals surface area contributed by atoms with Gasteiger partial charge in [-0.1, -0.05) is 101 Å². The van der Waals surface area contributed by atoms with Crippen molar-refractivity contribution in [2.45, 2.75) is 95.0 Å². The molecule has 1 heterocycles. The van der Waals surface area contributed by atoms with E-state index in [0.717, 1.165) is 6.42 Å². The van der Waals surface area contributed by atoms with Gasteiger partial charge in [-0.25, -0.2) is 0 Å². The van der Waals surface area contributed by atoms with E-state index in [1.807, 2.05) is 0 Å². The monoisotopic (exact) mass is 408 g/mol. The Morgan fingerprint density at radius 3 is 1.84 bits per heavy atom. The number of aliphatic carboxylic acids is 1. The summed E-state index contributed by atoms with van der Waals surface area (Å²) in [5, 5.41) is 9.31. The fourth-order valence-corrected chi connectivity index (χ4v) is 4.01. The zero-order chi connectivity index (χ0) is 19.3. The average molecular weight is 409 g/mol. The Morgan fingerprint density at radius 2 is 1.52 bits per heavy atom. The van der Waals surface area contributed by atoms with Gasteiger partial charge in [-0.15, -0.1) is 0 Å². The first-order valence-corrected chi connectivity index (χ1v) is 11.2. The van der Waals surface area contributed by atoms with Crippen LogP contribution in [0.3, 0.4) is 0 Å². The maximum absolute atomic E-state index is 10.7. The van der Waals surface area contributed by atoms with Crippen LogP contribution in [0.1, 0.15) is 85.0 Å². The number of carboxylic acid groups (broad SMARTS) is 1. The van der Waals surface area contributed by atoms with E-state index in [1.54, 1.807) is 0 Å². The van der Waals surface area contributed by atoms with Crippen molar-refractivity contribution in [3.8, 4) is 0 Å². The number of carbonyl (C=O) groups excluding carboxylic acids is 2. The third kappa shape index (κ3) is 14.7. The second-order valence-electron chi connectivity index (χ2n) is 6.73. The SMILES string of the molecule is CC(C)(SC(=O)S)C(=O)O.CCCCCCCCCCCC1SC1=O. The number of hydrogen-bond acceptors (Lipinski definition) is 5. The molecule has 1 fully saturated rings. The first-order valence-electron chi connectivity index (χ1n) is 9.06. The molecule has 1 aliphatic rings. The molecule has 1 saturated heterocycles. The van der Waals surface area contributed by atoms with Gasteiger partial charge in [0.15, 0.2) is 0 Å². The highest BCUT2D eigenvalue weighted by molar-refractivity contribution is 8.33. The molecule has 0 aromatic heterocycles. The van der Waals surface area contributed by atoms with Crippen LogP contribution in [-0.2, 0) is 9.59 Å². The lowest BCUT2D eigenvalue weighted by Gasteiger charge is -2.14. The van der Waals surface area contributed by atoms with E-state index in [1.165, 1.54) is 83.4 Å². The maximum atomic E-state index is 10.7. The first-order chi connectivity index (χ1) is 11.7. The van der Waals surface area contributed by atoms with Gasteiger partial charge in [-0.3, -0.25) is 14.4 Å². The summed E-state index contributed by atoms with van der Waals surface area (Å²) in [6.07, 6.45) is 13.5. The molecule has 0 radical (unpaired) electrons. The number of thiol groups is 1. The Labute approximate surface area is 166 Å². The van der Waals surface area contributed by atoms with Gasteiger partial charge >= 0.3 is 5.97 Å². The van der Waals surface area contributed by atoms with E-state index in [0.29, 0.717) is 22.1 Å². The molecule has 7 heteroatoms. The summed E-state index contributed by atoms with van der Waals surface area (Å²) < 4.78 is -1.55. The Balaban J connectivity index is 0.000000504. The molecule has 25 heavy (non-hydrogen) atoms. The summed E-state index contributed by atoms with van der Waals surface area (Å²) in [6, 6.07) is 0. The van der Waals surface area contributed by atoms with Gasteiger partial charge in [0.25, 0.3) is 0 Å². The minimum absolute atomic E-state index is 0.398. The highest BCUT2D eigenvalue weighted by Gasteiger charge is 2.35. The van der Waals surface area contributed by atoms with Crippen molar-refractivity contribution in [3.05, 3.63) is 0 Å². The van der Waals surface area contributed by atoms with Gasteiger partial charge < -0.3 is 5.11 Å². The van der Waals surface area contributed by atoms with Crippen LogP contribution in [-0.4, -0.2) is 30.6 Å². The lowest BCUT2D eigenvalue weighted by atomic mass is 10.1. The molecule has 0 aromatic carbocycles. The van der Waals surface area contributed by atoms with Gasteiger partial charge in [0.1, 0.15) is 4.75 Å². The normalized spacial score (nSPS) is 16.2. The molecule has 1 rings (SSSR count). The van der Waals surface area contributed by atoms with Crippen LogP contribution < -0.4 is 0 Å². The molecule has 146 valence electrons. The second kappa shape index (κ2) is 14.0. The predicted octanol–water partition coefficient (Wildman–Crippen LogP) is 6.18. The molecule has 0 aromatic rings. The van der Waals surface area contributed by atoms with Gasteiger partial charge in [0.2, 0.25) is 9.56 Å². The zero-order valence-corrected chi connectivity index (χ0v) is 18.1. The molecule has 0 bridgehead atoms. The highest BCUT2D eigenvalue weighted by Crippen LogP contribution is 2.36. The minimum Gasteiger partial charge on any atom is -0.480 e. The van der Waals surface area contributed by atoms with Crippen LogP contribution in [0.5, 0.6) is 0 Å². The van der Waals surface area contributed by atoms with E-state index >= 15 is 0 Å². The summed E-state index contributed by atoms with van der Waals surface area (Å²) in [5.41, 5.74) is 0. The quantitative estimate of drug-likeness (QED) is 0.228. The topological polar surface area (TPSA) is 71.4 Å². The molecule has 1 atom stereocenters. The standard InChI is InChI=1S/C13H24OS.C5H8O3S2/c1-2-3-4-5-6-7-8-9-10-11-12-13(14)15-12;1-5(2,3(6)7)10-4(8)9/h12H,2-11H2,1H3;1-2H3,(H,6,7)(H,8,9). The highest BCUT2D eigenvalue weighted by atomic mass is 32.2. The van der Waals surface area contributed by atoms with E-state index in [2.05, 4.69) is 19.6 Å². The summed E-state index contributed by atoms with van der Waals surface area (Å²) in [5.74, 6) is -1.01. The van der Waals surface area contributed by atoms with Gasteiger partial charge in [0, 0.05) is 0 Å². The smallest absolute Gasteiger partial charge is 0.319 e. The van der Waals surface area contributed by atoms with Crippen LogP contribution in [0.25, 0.3) is 0 Å². The van der Waals surface area contributed by atoms with Crippen molar-refractivity contribution < 1.29 is 19.5 Å². The predicted molar refractivity (Wildman–Crippen MR) is 112 cm³/mol. The van der Waals surface area contributed by atoms with Crippen LogP contribution >= 0.6 is 36.2 Å². The van der Waals surface area contributed by atoms with Crippen molar-refractivity contribution in [1.82, 2.24) is 0 Å². The van der Waals surface area contributed by atoms with Gasteiger partial charge in [-0.2, -0.15) is 0 Å². The molecule has 0 saturated carbocycles. The van der Waals surface area contributed by atoms with E-state index in [4.69, 9.17) is 5.11 Å². The van der Waals surface area contributed by atoms with Crippen LogP contribution in [0.15, 0.2) is 0 Å². The van der Waals surface area contributed by atoms with Crippen LogP contribution in [0, 0.1) is 0 Å².